The lowest BCUT2D eigenvalue weighted by Gasteiger charge is -2.25. The minimum absolute atomic E-state index is 0.0423. The molecule has 8 heteroatoms. The van der Waals surface area contributed by atoms with E-state index in [1.54, 1.807) is 39.9 Å². The fourth-order valence-electron chi connectivity index (χ4n) is 3.60. The quantitative estimate of drug-likeness (QED) is 0.604. The van der Waals surface area contributed by atoms with E-state index >= 15 is 0 Å². The van der Waals surface area contributed by atoms with E-state index in [-0.39, 0.29) is 5.91 Å². The lowest BCUT2D eigenvalue weighted by molar-refractivity contribution is -0.121. The lowest BCUT2D eigenvalue weighted by Crippen LogP contribution is -2.35. The Hall–Kier alpha value is -2.29. The largest absolute Gasteiger partial charge is 0.350 e. The van der Waals surface area contributed by atoms with Gasteiger partial charge in [-0.1, -0.05) is 30.7 Å². The predicted octanol–water partition coefficient (Wildman–Crippen LogP) is 3.72. The maximum absolute atomic E-state index is 12.7. The second-order valence-electron chi connectivity index (χ2n) is 7.46. The highest BCUT2D eigenvalue weighted by molar-refractivity contribution is 7.89. The minimum Gasteiger partial charge on any atom is -0.350 e. The van der Waals surface area contributed by atoms with Gasteiger partial charge >= 0.3 is 0 Å². The Labute approximate surface area is 181 Å². The van der Waals surface area contributed by atoms with Gasteiger partial charge < -0.3 is 5.32 Å². The number of thiazole rings is 1. The summed E-state index contributed by atoms with van der Waals surface area (Å²) in [5.41, 5.74) is 1.90. The van der Waals surface area contributed by atoms with Crippen LogP contribution in [0.1, 0.15) is 36.3 Å². The van der Waals surface area contributed by atoms with Crippen LogP contribution >= 0.6 is 11.3 Å². The van der Waals surface area contributed by atoms with Gasteiger partial charge in [0.05, 0.1) is 21.7 Å². The lowest BCUT2D eigenvalue weighted by atomic mass is 10.1. The van der Waals surface area contributed by atoms with E-state index < -0.39 is 10.0 Å². The first-order valence-corrected chi connectivity index (χ1v) is 12.5. The van der Waals surface area contributed by atoms with Gasteiger partial charge in [-0.25, -0.2) is 13.4 Å². The molecule has 158 valence electrons. The number of aryl methyl sites for hydroxylation is 1. The highest BCUT2D eigenvalue weighted by atomic mass is 32.2. The minimum atomic E-state index is -3.41. The summed E-state index contributed by atoms with van der Waals surface area (Å²) in [5.74, 6) is -0.0423. The number of nitrogens with one attached hydrogen (secondary N) is 1. The first-order chi connectivity index (χ1) is 14.5. The number of carbonyl (C=O) groups is 1. The molecule has 0 bridgehead atoms. The van der Waals surface area contributed by atoms with Crippen LogP contribution in [0.3, 0.4) is 0 Å². The third kappa shape index (κ3) is 4.88. The van der Waals surface area contributed by atoms with Gasteiger partial charge in [-0.3, -0.25) is 4.79 Å². The third-order valence-electron chi connectivity index (χ3n) is 5.29. The molecule has 0 aliphatic carbocycles. The van der Waals surface area contributed by atoms with Crippen molar-refractivity contribution in [3.63, 3.8) is 0 Å². The number of piperidine rings is 1. The topological polar surface area (TPSA) is 79.4 Å². The number of hydrogen-bond donors (Lipinski definition) is 1. The number of fused-ring (bicyclic) bond motifs is 1. The standard InChI is InChI=1S/C22H25N3O3S2/c26-21(23-16-22-24-19-6-2-3-7-20(19)29-22)13-10-17-8-11-18(12-9-17)30(27,28)25-14-4-1-5-15-25/h2-3,6-9,11-12H,1,4-5,10,13-16H2,(H,23,26). The molecule has 30 heavy (non-hydrogen) atoms. The van der Waals surface area contributed by atoms with Crippen LogP contribution in [0.15, 0.2) is 53.4 Å². The number of para-hydroxylation sites is 1. The van der Waals surface area contributed by atoms with Crippen LogP contribution in [-0.2, 0) is 27.8 Å². The normalized spacial score (nSPS) is 15.3. The molecule has 1 N–H and O–H groups in total. The van der Waals surface area contributed by atoms with E-state index in [2.05, 4.69) is 10.3 Å². The zero-order valence-electron chi connectivity index (χ0n) is 16.7. The second-order valence-corrected chi connectivity index (χ2v) is 10.5. The van der Waals surface area contributed by atoms with E-state index in [9.17, 15) is 13.2 Å². The van der Waals surface area contributed by atoms with Crippen molar-refractivity contribution < 1.29 is 13.2 Å². The Balaban J connectivity index is 1.28. The van der Waals surface area contributed by atoms with Crippen molar-refractivity contribution >= 4 is 37.5 Å². The number of rotatable bonds is 7. The highest BCUT2D eigenvalue weighted by Gasteiger charge is 2.25. The first-order valence-electron chi connectivity index (χ1n) is 10.2. The van der Waals surface area contributed by atoms with Gasteiger partial charge in [-0.15, -0.1) is 11.3 Å². The summed E-state index contributed by atoms with van der Waals surface area (Å²) in [6.07, 6.45) is 3.84. The van der Waals surface area contributed by atoms with E-state index in [4.69, 9.17) is 0 Å². The number of hydrogen-bond acceptors (Lipinski definition) is 5. The number of nitrogens with zero attached hydrogens (tertiary/aromatic N) is 2. The second kappa shape index (κ2) is 9.24. The summed E-state index contributed by atoms with van der Waals surface area (Å²) in [6, 6.07) is 14.8. The van der Waals surface area contributed by atoms with Gasteiger partial charge in [0.2, 0.25) is 15.9 Å². The molecule has 0 spiro atoms. The molecule has 1 aliphatic rings. The number of benzene rings is 2. The molecule has 4 rings (SSSR count). The molecule has 0 atom stereocenters. The van der Waals surface area contributed by atoms with Crippen LogP contribution < -0.4 is 5.32 Å². The Morgan fingerprint density at radius 3 is 2.50 bits per heavy atom. The zero-order valence-corrected chi connectivity index (χ0v) is 18.3. The molecule has 3 aromatic rings. The van der Waals surface area contributed by atoms with Crippen LogP contribution in [0, 0.1) is 0 Å². The molecule has 1 fully saturated rings. The first kappa shape index (κ1) is 21.0. The van der Waals surface area contributed by atoms with E-state index in [0.29, 0.717) is 37.4 Å². The van der Waals surface area contributed by atoms with E-state index in [0.717, 1.165) is 40.1 Å². The van der Waals surface area contributed by atoms with Crippen molar-refractivity contribution in [3.8, 4) is 0 Å². The highest BCUT2D eigenvalue weighted by Crippen LogP contribution is 2.22. The molecule has 1 amide bonds. The smallest absolute Gasteiger partial charge is 0.243 e. The number of sulfonamides is 1. The van der Waals surface area contributed by atoms with Crippen LogP contribution in [0.2, 0.25) is 0 Å². The maximum Gasteiger partial charge on any atom is 0.243 e. The van der Waals surface area contributed by atoms with Crippen LogP contribution in [-0.4, -0.2) is 36.7 Å². The average molecular weight is 444 g/mol. The zero-order chi connectivity index (χ0) is 21.0. The number of amides is 1. The molecule has 1 saturated heterocycles. The summed E-state index contributed by atoms with van der Waals surface area (Å²) >= 11 is 1.58. The van der Waals surface area contributed by atoms with Gasteiger partial charge in [0.1, 0.15) is 5.01 Å². The molecule has 0 saturated carbocycles. The van der Waals surface area contributed by atoms with Crippen LogP contribution in [0.4, 0.5) is 0 Å². The van der Waals surface area contributed by atoms with Gasteiger partial charge in [-0.05, 0) is 49.1 Å². The van der Waals surface area contributed by atoms with Crippen molar-refractivity contribution in [1.29, 1.82) is 0 Å². The van der Waals surface area contributed by atoms with Gasteiger partial charge in [0.25, 0.3) is 0 Å². The fraction of sp³-hybridized carbons (Fsp3) is 0.364. The number of aromatic nitrogens is 1. The Kier molecular flexibility index (Phi) is 6.46. The summed E-state index contributed by atoms with van der Waals surface area (Å²) in [5, 5.41) is 3.80. The van der Waals surface area contributed by atoms with Crippen molar-refractivity contribution in [2.24, 2.45) is 0 Å². The van der Waals surface area contributed by atoms with Crippen molar-refractivity contribution in [3.05, 3.63) is 59.1 Å². The van der Waals surface area contributed by atoms with Crippen molar-refractivity contribution in [2.45, 2.75) is 43.5 Å². The summed E-state index contributed by atoms with van der Waals surface area (Å²) in [4.78, 5) is 17.0. The SMILES string of the molecule is O=C(CCc1ccc(S(=O)(=O)N2CCCCC2)cc1)NCc1nc2ccccc2s1. The van der Waals surface area contributed by atoms with Gasteiger partial charge in [0.15, 0.2) is 0 Å². The maximum atomic E-state index is 12.7. The Morgan fingerprint density at radius 2 is 1.77 bits per heavy atom. The monoisotopic (exact) mass is 443 g/mol. The van der Waals surface area contributed by atoms with Crippen molar-refractivity contribution in [1.82, 2.24) is 14.6 Å². The van der Waals surface area contributed by atoms with Gasteiger partial charge in [0, 0.05) is 19.5 Å². The molecular formula is C22H25N3O3S2. The summed E-state index contributed by atoms with van der Waals surface area (Å²) in [6.45, 7) is 1.61. The molecule has 2 heterocycles. The van der Waals surface area contributed by atoms with E-state index in [1.165, 1.54) is 0 Å². The van der Waals surface area contributed by atoms with Gasteiger partial charge in [-0.2, -0.15) is 4.31 Å². The summed E-state index contributed by atoms with van der Waals surface area (Å²) in [7, 11) is -3.41. The summed E-state index contributed by atoms with van der Waals surface area (Å²) < 4.78 is 28.1. The van der Waals surface area contributed by atoms with Crippen molar-refractivity contribution in [2.75, 3.05) is 13.1 Å². The molecule has 0 unspecified atom stereocenters. The predicted molar refractivity (Wildman–Crippen MR) is 119 cm³/mol. The fourth-order valence-corrected chi connectivity index (χ4v) is 6.02. The molecule has 1 aromatic heterocycles. The third-order valence-corrected chi connectivity index (χ3v) is 8.24. The molecule has 1 aliphatic heterocycles. The van der Waals surface area contributed by atoms with Crippen LogP contribution in [0.25, 0.3) is 10.2 Å². The molecular weight excluding hydrogens is 418 g/mol. The molecule has 0 radical (unpaired) electrons. The Morgan fingerprint density at radius 1 is 1.03 bits per heavy atom. The van der Waals surface area contributed by atoms with E-state index in [1.807, 2.05) is 24.3 Å². The molecule has 6 nitrogen and oxygen atoms in total. The number of carbonyl (C=O) groups excluding carboxylic acids is 1. The Bertz CT molecular complexity index is 1080. The average Bonchev–Trinajstić information content (AvgIpc) is 3.20. The molecule has 2 aromatic carbocycles. The van der Waals surface area contributed by atoms with Crippen LogP contribution in [0.5, 0.6) is 0 Å².